The molecule has 1 fully saturated rings. The minimum absolute atomic E-state index is 0.227. The van der Waals surface area contributed by atoms with Crippen molar-refractivity contribution in [1.82, 2.24) is 10.6 Å². The van der Waals surface area contributed by atoms with Crippen molar-refractivity contribution >= 4 is 29.5 Å². The van der Waals surface area contributed by atoms with E-state index in [2.05, 4.69) is 10.6 Å². The maximum atomic E-state index is 12.4. The van der Waals surface area contributed by atoms with Crippen LogP contribution < -0.4 is 10.6 Å². The van der Waals surface area contributed by atoms with Gasteiger partial charge in [0.15, 0.2) is 12.2 Å². The Kier molecular flexibility index (Phi) is 8.60. The number of carbonyl (C=O) groups excluding carboxylic acids is 3. The molecule has 1 unspecified atom stereocenters. The highest BCUT2D eigenvalue weighted by atomic mass is 32.2. The van der Waals surface area contributed by atoms with E-state index in [0.29, 0.717) is 12.3 Å². The molecular formula is C19H26N2O5S. The first kappa shape index (κ1) is 21.2. The smallest absolute Gasteiger partial charge is 0.338 e. The Bertz CT molecular complexity index is 640. The molecule has 2 N–H and O–H groups in total. The summed E-state index contributed by atoms with van der Waals surface area (Å²) in [5, 5.41) is 5.50. The average molecular weight is 394 g/mol. The molecule has 1 heterocycles. The Hall–Kier alpha value is -2.06. The summed E-state index contributed by atoms with van der Waals surface area (Å²) in [4.78, 5) is 36.3. The second kappa shape index (κ2) is 10.9. The van der Waals surface area contributed by atoms with Crippen LogP contribution in [0, 0.1) is 0 Å². The van der Waals surface area contributed by atoms with Gasteiger partial charge in [0.1, 0.15) is 6.04 Å². The molecule has 27 heavy (non-hydrogen) atoms. The summed E-state index contributed by atoms with van der Waals surface area (Å²) < 4.78 is 9.94. The van der Waals surface area contributed by atoms with Gasteiger partial charge in [-0.1, -0.05) is 37.3 Å². The summed E-state index contributed by atoms with van der Waals surface area (Å²) in [7, 11) is 0. The van der Waals surface area contributed by atoms with Gasteiger partial charge >= 0.3 is 5.97 Å². The van der Waals surface area contributed by atoms with E-state index in [1.807, 2.05) is 37.3 Å². The standard InChI is InChI=1S/C19H26N2O5S/c1-3-10-20-17(22)14(12-27-11-13-8-6-5-7-9-13)21-18(23)15-16(26-15)19(24)25-4-2/h5-9,14-16H,3-4,10-12H2,1-2H3,(H,20,22)(H,21,23)/t14?,15-,16-/m0/s1. The zero-order chi connectivity index (χ0) is 19.6. The number of thioether (sulfide) groups is 1. The largest absolute Gasteiger partial charge is 0.464 e. The van der Waals surface area contributed by atoms with Crippen molar-refractivity contribution in [3.8, 4) is 0 Å². The highest BCUT2D eigenvalue weighted by Crippen LogP contribution is 2.24. The lowest BCUT2D eigenvalue weighted by Crippen LogP contribution is -2.50. The molecule has 2 amide bonds. The lowest BCUT2D eigenvalue weighted by Gasteiger charge is -2.17. The number of hydrogen-bond acceptors (Lipinski definition) is 6. The molecule has 1 aromatic carbocycles. The molecule has 1 aliphatic rings. The molecule has 0 aliphatic carbocycles. The predicted molar refractivity (Wildman–Crippen MR) is 103 cm³/mol. The van der Waals surface area contributed by atoms with Gasteiger partial charge in [-0.3, -0.25) is 9.59 Å². The molecule has 7 nitrogen and oxygen atoms in total. The number of ether oxygens (including phenoxy) is 2. The Morgan fingerprint density at radius 3 is 2.59 bits per heavy atom. The molecule has 0 bridgehead atoms. The Morgan fingerprint density at radius 2 is 1.93 bits per heavy atom. The number of carbonyl (C=O) groups is 3. The molecule has 1 aliphatic heterocycles. The van der Waals surface area contributed by atoms with Crippen molar-refractivity contribution in [2.75, 3.05) is 18.9 Å². The fraction of sp³-hybridized carbons (Fsp3) is 0.526. The minimum atomic E-state index is -0.885. The summed E-state index contributed by atoms with van der Waals surface area (Å²) in [5.74, 6) is -0.0979. The fourth-order valence-electron chi connectivity index (χ4n) is 2.39. The number of benzene rings is 1. The van der Waals surface area contributed by atoms with Crippen molar-refractivity contribution < 1.29 is 23.9 Å². The number of amides is 2. The van der Waals surface area contributed by atoms with Crippen LogP contribution in [-0.4, -0.2) is 54.9 Å². The number of esters is 1. The predicted octanol–water partition coefficient (Wildman–Crippen LogP) is 1.26. The second-order valence-corrected chi connectivity index (χ2v) is 7.11. The van der Waals surface area contributed by atoms with Crippen LogP contribution >= 0.6 is 11.8 Å². The quantitative estimate of drug-likeness (QED) is 0.433. The summed E-state index contributed by atoms with van der Waals surface area (Å²) in [6.07, 6.45) is -0.953. The molecule has 8 heteroatoms. The van der Waals surface area contributed by atoms with Crippen molar-refractivity contribution in [2.24, 2.45) is 0 Å². The summed E-state index contributed by atoms with van der Waals surface area (Å²) in [5.41, 5.74) is 1.15. The monoisotopic (exact) mass is 394 g/mol. The molecule has 0 saturated carbocycles. The third-order valence-corrected chi connectivity index (χ3v) is 4.95. The summed E-state index contributed by atoms with van der Waals surface area (Å²) in [6, 6.07) is 9.21. The Balaban J connectivity index is 1.87. The molecule has 1 aromatic rings. The normalized spacial score (nSPS) is 19.0. The van der Waals surface area contributed by atoms with Crippen LogP contribution in [0.4, 0.5) is 0 Å². The third kappa shape index (κ3) is 6.88. The zero-order valence-electron chi connectivity index (χ0n) is 15.6. The number of nitrogens with one attached hydrogen (secondary N) is 2. The lowest BCUT2D eigenvalue weighted by atomic mass is 10.2. The summed E-state index contributed by atoms with van der Waals surface area (Å²) >= 11 is 1.56. The van der Waals surface area contributed by atoms with E-state index in [4.69, 9.17) is 9.47 Å². The maximum absolute atomic E-state index is 12.4. The molecule has 2 rings (SSSR count). The van der Waals surface area contributed by atoms with Gasteiger partial charge in [0.2, 0.25) is 5.91 Å². The molecule has 3 atom stereocenters. The van der Waals surface area contributed by atoms with Crippen LogP contribution in [0.5, 0.6) is 0 Å². The van der Waals surface area contributed by atoms with E-state index >= 15 is 0 Å². The molecule has 0 aromatic heterocycles. The highest BCUT2D eigenvalue weighted by Gasteiger charge is 2.52. The Morgan fingerprint density at radius 1 is 1.19 bits per heavy atom. The van der Waals surface area contributed by atoms with E-state index in [9.17, 15) is 14.4 Å². The molecule has 0 spiro atoms. The van der Waals surface area contributed by atoms with Crippen molar-refractivity contribution in [1.29, 1.82) is 0 Å². The SMILES string of the molecule is CCCNC(=O)C(CSCc1ccccc1)NC(=O)[C@H]1O[C@@H]1C(=O)OCC. The first-order chi connectivity index (χ1) is 13.1. The number of rotatable bonds is 11. The number of hydrogen-bond donors (Lipinski definition) is 2. The van der Waals surface area contributed by atoms with Gasteiger partial charge in [-0.15, -0.1) is 0 Å². The van der Waals surface area contributed by atoms with Crippen LogP contribution in [0.15, 0.2) is 30.3 Å². The number of epoxide rings is 1. The van der Waals surface area contributed by atoms with Gasteiger partial charge in [0.25, 0.3) is 5.91 Å². The van der Waals surface area contributed by atoms with E-state index in [0.717, 1.165) is 17.7 Å². The van der Waals surface area contributed by atoms with E-state index < -0.39 is 30.1 Å². The van der Waals surface area contributed by atoms with Gasteiger partial charge in [0, 0.05) is 18.1 Å². The van der Waals surface area contributed by atoms with Crippen molar-refractivity contribution in [3.63, 3.8) is 0 Å². The van der Waals surface area contributed by atoms with Gasteiger partial charge in [-0.05, 0) is 18.9 Å². The van der Waals surface area contributed by atoms with Crippen LogP contribution in [0.2, 0.25) is 0 Å². The third-order valence-electron chi connectivity index (χ3n) is 3.85. The van der Waals surface area contributed by atoms with Crippen molar-refractivity contribution in [2.45, 2.75) is 44.3 Å². The first-order valence-electron chi connectivity index (χ1n) is 9.08. The van der Waals surface area contributed by atoms with Gasteiger partial charge in [-0.2, -0.15) is 11.8 Å². The second-order valence-electron chi connectivity index (χ2n) is 6.08. The molecular weight excluding hydrogens is 368 g/mol. The Labute approximate surface area is 163 Å². The van der Waals surface area contributed by atoms with Crippen molar-refractivity contribution in [3.05, 3.63) is 35.9 Å². The van der Waals surface area contributed by atoms with E-state index in [-0.39, 0.29) is 12.5 Å². The molecule has 1 saturated heterocycles. The van der Waals surface area contributed by atoms with Crippen LogP contribution in [0.25, 0.3) is 0 Å². The minimum Gasteiger partial charge on any atom is -0.464 e. The van der Waals surface area contributed by atoms with Gasteiger partial charge < -0.3 is 20.1 Å². The first-order valence-corrected chi connectivity index (χ1v) is 10.2. The maximum Gasteiger partial charge on any atom is 0.338 e. The molecule has 0 radical (unpaired) electrons. The van der Waals surface area contributed by atoms with Crippen LogP contribution in [-0.2, 0) is 29.6 Å². The van der Waals surface area contributed by atoms with Gasteiger partial charge in [0.05, 0.1) is 6.61 Å². The lowest BCUT2D eigenvalue weighted by molar-refractivity contribution is -0.144. The van der Waals surface area contributed by atoms with Crippen LogP contribution in [0.1, 0.15) is 25.8 Å². The molecule has 148 valence electrons. The zero-order valence-corrected chi connectivity index (χ0v) is 16.4. The van der Waals surface area contributed by atoms with Crippen LogP contribution in [0.3, 0.4) is 0 Å². The highest BCUT2D eigenvalue weighted by molar-refractivity contribution is 7.98. The fourth-order valence-corrected chi connectivity index (χ4v) is 3.41. The topological polar surface area (TPSA) is 97.0 Å². The summed E-state index contributed by atoms with van der Waals surface area (Å²) in [6.45, 7) is 4.42. The van der Waals surface area contributed by atoms with Gasteiger partial charge in [-0.25, -0.2) is 4.79 Å². The van der Waals surface area contributed by atoms with E-state index in [1.165, 1.54) is 0 Å². The van der Waals surface area contributed by atoms with E-state index in [1.54, 1.807) is 18.7 Å². The average Bonchev–Trinajstić information content (AvgIpc) is 3.47.